The first-order chi connectivity index (χ1) is 12.2. The topological polar surface area (TPSA) is 92.6 Å². The first-order valence-electron chi connectivity index (χ1n) is 7.55. The number of non-ortho nitro benzene ring substituents is 1. The number of carbonyl (C=O) groups excluding carboxylic acids is 2. The summed E-state index contributed by atoms with van der Waals surface area (Å²) in [5, 5.41) is 13.3. The van der Waals surface area contributed by atoms with Crippen LogP contribution < -0.4 is 5.32 Å². The van der Waals surface area contributed by atoms with E-state index in [1.165, 1.54) is 43.3 Å². The Hall–Kier alpha value is -2.81. The van der Waals surface area contributed by atoms with Crippen molar-refractivity contribution in [3.05, 3.63) is 74.0 Å². The van der Waals surface area contributed by atoms with Crippen LogP contribution in [0.2, 0.25) is 0 Å². The first-order valence-corrected chi connectivity index (χ1v) is 8.34. The summed E-state index contributed by atoms with van der Waals surface area (Å²) in [6, 6.07) is 9.06. The van der Waals surface area contributed by atoms with Gasteiger partial charge in [-0.1, -0.05) is 22.0 Å². The minimum absolute atomic E-state index is 0.122. The third-order valence-electron chi connectivity index (χ3n) is 4.27. The third kappa shape index (κ3) is 3.05. The fourth-order valence-corrected chi connectivity index (χ4v) is 3.11. The van der Waals surface area contributed by atoms with Crippen LogP contribution in [0.25, 0.3) is 0 Å². The number of hydrogen-bond acceptors (Lipinski definition) is 4. The fraction of sp³-hybridized carbons (Fsp3) is 0.176. The molecule has 134 valence electrons. The maximum absolute atomic E-state index is 14.0. The predicted molar refractivity (Wildman–Crippen MR) is 93.6 cm³/mol. The lowest BCUT2D eigenvalue weighted by atomic mass is 9.92. The molecule has 1 N–H and O–H groups in total. The number of nitro groups is 1. The Morgan fingerprint density at radius 2 is 1.88 bits per heavy atom. The number of benzene rings is 2. The van der Waals surface area contributed by atoms with E-state index in [-0.39, 0.29) is 17.8 Å². The zero-order chi connectivity index (χ0) is 19.1. The van der Waals surface area contributed by atoms with Crippen molar-refractivity contribution in [1.82, 2.24) is 10.2 Å². The van der Waals surface area contributed by atoms with Crippen molar-refractivity contribution in [2.24, 2.45) is 0 Å². The molecule has 3 rings (SSSR count). The molecule has 1 saturated heterocycles. The van der Waals surface area contributed by atoms with Crippen LogP contribution in [0.5, 0.6) is 0 Å². The highest BCUT2D eigenvalue weighted by Crippen LogP contribution is 2.31. The minimum atomic E-state index is -1.38. The summed E-state index contributed by atoms with van der Waals surface area (Å²) in [5.74, 6) is -1.09. The molecule has 1 atom stereocenters. The van der Waals surface area contributed by atoms with E-state index < -0.39 is 28.2 Å². The molecule has 0 aromatic heterocycles. The van der Waals surface area contributed by atoms with E-state index >= 15 is 0 Å². The van der Waals surface area contributed by atoms with E-state index in [9.17, 15) is 24.1 Å². The van der Waals surface area contributed by atoms with Gasteiger partial charge < -0.3 is 5.32 Å². The molecule has 0 saturated carbocycles. The highest BCUT2D eigenvalue weighted by molar-refractivity contribution is 9.10. The zero-order valence-corrected chi connectivity index (χ0v) is 15.1. The molecule has 0 aliphatic carbocycles. The van der Waals surface area contributed by atoms with Gasteiger partial charge in [0.2, 0.25) is 0 Å². The smallest absolute Gasteiger partial charge is 0.319 e. The summed E-state index contributed by atoms with van der Waals surface area (Å²) < 4.78 is 14.6. The van der Waals surface area contributed by atoms with Crippen molar-refractivity contribution >= 4 is 33.6 Å². The molecule has 7 nitrogen and oxygen atoms in total. The average Bonchev–Trinajstić information content (AvgIpc) is 2.81. The number of nitro benzene ring substituents is 1. The number of carbonyl (C=O) groups is 2. The largest absolute Gasteiger partial charge is 0.325 e. The van der Waals surface area contributed by atoms with Crippen molar-refractivity contribution < 1.29 is 18.9 Å². The molecule has 0 unspecified atom stereocenters. The lowest BCUT2D eigenvalue weighted by Crippen LogP contribution is -2.40. The summed E-state index contributed by atoms with van der Waals surface area (Å²) in [6.45, 7) is 1.29. The van der Waals surface area contributed by atoms with Gasteiger partial charge in [-0.15, -0.1) is 0 Å². The molecule has 2 aromatic carbocycles. The van der Waals surface area contributed by atoms with Gasteiger partial charge in [0, 0.05) is 22.2 Å². The van der Waals surface area contributed by atoms with Crippen LogP contribution >= 0.6 is 15.9 Å². The Balaban J connectivity index is 1.88. The number of amides is 3. The average molecular weight is 422 g/mol. The van der Waals surface area contributed by atoms with Gasteiger partial charge in [0.15, 0.2) is 0 Å². The number of imide groups is 1. The molecule has 1 fully saturated rings. The predicted octanol–water partition coefficient (Wildman–Crippen LogP) is 3.46. The van der Waals surface area contributed by atoms with Crippen molar-refractivity contribution in [3.63, 3.8) is 0 Å². The molecule has 0 radical (unpaired) electrons. The number of hydrogen-bond donors (Lipinski definition) is 1. The number of nitrogens with zero attached hydrogens (tertiary/aromatic N) is 2. The molecular weight excluding hydrogens is 409 g/mol. The fourth-order valence-electron chi connectivity index (χ4n) is 2.77. The second-order valence-electron chi connectivity index (χ2n) is 5.99. The Kier molecular flexibility index (Phi) is 4.49. The third-order valence-corrected chi connectivity index (χ3v) is 4.77. The van der Waals surface area contributed by atoms with E-state index in [4.69, 9.17) is 0 Å². The standard InChI is InChI=1S/C17H13BrFN3O4/c1-17(11-3-6-13(7-4-11)22(25)26)15(23)21(16(24)20-17)9-10-2-5-12(18)8-14(10)19/h2-8H,9H2,1H3,(H,20,24)/t17-/m0/s1. The van der Waals surface area contributed by atoms with Crippen molar-refractivity contribution in [2.75, 3.05) is 0 Å². The molecule has 1 heterocycles. The molecule has 0 spiro atoms. The molecule has 3 amide bonds. The van der Waals surface area contributed by atoms with Crippen LogP contribution in [0.3, 0.4) is 0 Å². The van der Waals surface area contributed by atoms with Gasteiger partial charge in [0.05, 0.1) is 11.5 Å². The second kappa shape index (κ2) is 6.49. The second-order valence-corrected chi connectivity index (χ2v) is 6.90. The Bertz CT molecular complexity index is 919. The Morgan fingerprint density at radius 1 is 1.23 bits per heavy atom. The highest BCUT2D eigenvalue weighted by Gasteiger charge is 2.49. The van der Waals surface area contributed by atoms with Crippen molar-refractivity contribution in [1.29, 1.82) is 0 Å². The normalized spacial score (nSPS) is 19.6. The number of halogens is 2. The number of rotatable bonds is 4. The van der Waals surface area contributed by atoms with E-state index in [1.807, 2.05) is 0 Å². The summed E-state index contributed by atoms with van der Waals surface area (Å²) in [7, 11) is 0. The molecule has 0 bridgehead atoms. The maximum atomic E-state index is 14.0. The molecule has 2 aromatic rings. The molecular formula is C17H13BrFN3O4. The zero-order valence-electron chi connectivity index (χ0n) is 13.5. The van der Waals surface area contributed by atoms with Crippen LogP contribution in [0.15, 0.2) is 46.9 Å². The quantitative estimate of drug-likeness (QED) is 0.464. The monoisotopic (exact) mass is 421 g/mol. The first kappa shape index (κ1) is 18.0. The highest BCUT2D eigenvalue weighted by atomic mass is 79.9. The lowest BCUT2D eigenvalue weighted by Gasteiger charge is -2.22. The molecule has 1 aliphatic heterocycles. The van der Waals surface area contributed by atoms with Gasteiger partial charge in [0.25, 0.3) is 11.6 Å². The van der Waals surface area contributed by atoms with Gasteiger partial charge in [-0.2, -0.15) is 0 Å². The molecule has 26 heavy (non-hydrogen) atoms. The van der Waals surface area contributed by atoms with Gasteiger partial charge in [-0.05, 0) is 36.8 Å². The SMILES string of the molecule is C[C@@]1(c2ccc([N+](=O)[O-])cc2)NC(=O)N(Cc2ccc(Br)cc2F)C1=O. The van der Waals surface area contributed by atoms with Crippen molar-refractivity contribution in [3.8, 4) is 0 Å². The van der Waals surface area contributed by atoms with E-state index in [0.29, 0.717) is 10.0 Å². The number of urea groups is 1. The summed E-state index contributed by atoms with van der Waals surface area (Å²) in [4.78, 5) is 36.2. The maximum Gasteiger partial charge on any atom is 0.325 e. The summed E-state index contributed by atoms with van der Waals surface area (Å²) in [6.07, 6.45) is 0. The van der Waals surface area contributed by atoms with E-state index in [0.717, 1.165) is 4.90 Å². The minimum Gasteiger partial charge on any atom is -0.319 e. The van der Waals surface area contributed by atoms with Crippen LogP contribution in [0.1, 0.15) is 18.1 Å². The lowest BCUT2D eigenvalue weighted by molar-refractivity contribution is -0.384. The summed E-state index contributed by atoms with van der Waals surface area (Å²) >= 11 is 3.15. The van der Waals surface area contributed by atoms with Crippen molar-refractivity contribution in [2.45, 2.75) is 19.0 Å². The van der Waals surface area contributed by atoms with Crippen LogP contribution in [-0.4, -0.2) is 21.8 Å². The van der Waals surface area contributed by atoms with Gasteiger partial charge >= 0.3 is 6.03 Å². The van der Waals surface area contributed by atoms with Gasteiger partial charge in [0.1, 0.15) is 11.4 Å². The van der Waals surface area contributed by atoms with Crippen LogP contribution in [-0.2, 0) is 16.9 Å². The molecule has 1 aliphatic rings. The van der Waals surface area contributed by atoms with E-state index in [2.05, 4.69) is 21.2 Å². The molecule has 9 heteroatoms. The summed E-state index contributed by atoms with van der Waals surface area (Å²) in [5.41, 5.74) is -0.897. The van der Waals surface area contributed by atoms with Crippen LogP contribution in [0, 0.1) is 15.9 Å². The van der Waals surface area contributed by atoms with Gasteiger partial charge in [-0.3, -0.25) is 19.8 Å². The Labute approximate surface area is 156 Å². The van der Waals surface area contributed by atoms with Gasteiger partial charge in [-0.25, -0.2) is 9.18 Å². The number of nitrogens with one attached hydrogen (secondary N) is 1. The Morgan fingerprint density at radius 3 is 2.46 bits per heavy atom. The van der Waals surface area contributed by atoms with Crippen LogP contribution in [0.4, 0.5) is 14.9 Å². The van der Waals surface area contributed by atoms with E-state index in [1.54, 1.807) is 6.07 Å².